The summed E-state index contributed by atoms with van der Waals surface area (Å²) in [5.41, 5.74) is 7.12. The summed E-state index contributed by atoms with van der Waals surface area (Å²) in [6, 6.07) is 5.90. The summed E-state index contributed by atoms with van der Waals surface area (Å²) < 4.78 is 0. The van der Waals surface area contributed by atoms with E-state index in [1.54, 1.807) is 0 Å². The maximum absolute atomic E-state index is 6.09. The number of rotatable bonds is 4. The molecule has 2 nitrogen and oxygen atoms in total. The summed E-state index contributed by atoms with van der Waals surface area (Å²) in [6.07, 6.45) is 0. The van der Waals surface area contributed by atoms with Gasteiger partial charge in [-0.25, -0.2) is 0 Å². The molecule has 0 spiro atoms. The van der Waals surface area contributed by atoms with Crippen LogP contribution in [0, 0.1) is 0 Å². The van der Waals surface area contributed by atoms with E-state index in [-0.39, 0.29) is 11.6 Å². The lowest BCUT2D eigenvalue weighted by molar-refractivity contribution is 0.0919. The first-order valence-corrected chi connectivity index (χ1v) is 6.98. The Morgan fingerprint density at radius 1 is 1.22 bits per heavy atom. The molecule has 0 aliphatic rings. The van der Waals surface area contributed by atoms with Gasteiger partial charge in [0.05, 0.1) is 10.0 Å². The van der Waals surface area contributed by atoms with Crippen LogP contribution in [0.4, 0.5) is 0 Å². The van der Waals surface area contributed by atoms with Crippen molar-refractivity contribution in [1.29, 1.82) is 0 Å². The summed E-state index contributed by atoms with van der Waals surface area (Å²) in [5.74, 6) is 0. The number of nitrogens with two attached hydrogens (primary N) is 1. The molecule has 0 aliphatic carbocycles. The molecule has 1 rings (SSSR count). The van der Waals surface area contributed by atoms with Gasteiger partial charge in [-0.3, -0.25) is 4.90 Å². The minimum Gasteiger partial charge on any atom is -0.329 e. The van der Waals surface area contributed by atoms with E-state index in [4.69, 9.17) is 28.9 Å². The molecular weight excluding hydrogens is 267 g/mol. The second-order valence-corrected chi connectivity index (χ2v) is 6.20. The van der Waals surface area contributed by atoms with Gasteiger partial charge in [0.2, 0.25) is 0 Å². The van der Waals surface area contributed by atoms with E-state index in [1.165, 1.54) is 0 Å². The molecule has 1 atom stereocenters. The normalized spacial score (nSPS) is 14.0. The minimum atomic E-state index is 0.0604. The van der Waals surface area contributed by atoms with E-state index in [2.05, 4.69) is 32.6 Å². The van der Waals surface area contributed by atoms with Gasteiger partial charge in [0, 0.05) is 18.1 Å². The van der Waals surface area contributed by atoms with Crippen molar-refractivity contribution in [3.05, 3.63) is 33.8 Å². The molecule has 102 valence electrons. The fourth-order valence-electron chi connectivity index (χ4n) is 2.33. The first-order chi connectivity index (χ1) is 8.31. The molecule has 0 saturated heterocycles. The van der Waals surface area contributed by atoms with Crippen LogP contribution in [-0.4, -0.2) is 23.5 Å². The third kappa shape index (κ3) is 3.61. The summed E-state index contributed by atoms with van der Waals surface area (Å²) in [4.78, 5) is 2.37. The Morgan fingerprint density at radius 3 is 2.22 bits per heavy atom. The van der Waals surface area contributed by atoms with Gasteiger partial charge in [-0.05, 0) is 45.0 Å². The van der Waals surface area contributed by atoms with Gasteiger partial charge in [-0.1, -0.05) is 36.2 Å². The zero-order chi connectivity index (χ0) is 13.9. The fourth-order valence-corrected chi connectivity index (χ4v) is 2.63. The molecule has 18 heavy (non-hydrogen) atoms. The number of hydrogen-bond donors (Lipinski definition) is 1. The lowest BCUT2D eigenvalue weighted by atomic mass is 9.98. The monoisotopic (exact) mass is 288 g/mol. The van der Waals surface area contributed by atoms with Crippen molar-refractivity contribution in [2.75, 3.05) is 13.1 Å². The van der Waals surface area contributed by atoms with Gasteiger partial charge in [0.15, 0.2) is 0 Å². The average Bonchev–Trinajstić information content (AvgIpc) is 2.28. The van der Waals surface area contributed by atoms with E-state index in [0.29, 0.717) is 16.6 Å². The van der Waals surface area contributed by atoms with Crippen molar-refractivity contribution < 1.29 is 0 Å². The lowest BCUT2D eigenvalue weighted by Gasteiger charge is -2.41. The van der Waals surface area contributed by atoms with Crippen LogP contribution < -0.4 is 5.73 Å². The molecule has 1 aromatic carbocycles. The van der Waals surface area contributed by atoms with Crippen LogP contribution in [0.2, 0.25) is 10.0 Å². The van der Waals surface area contributed by atoms with E-state index in [9.17, 15) is 0 Å². The summed E-state index contributed by atoms with van der Waals surface area (Å²) in [6.45, 7) is 10.2. The van der Waals surface area contributed by atoms with Crippen molar-refractivity contribution in [2.45, 2.75) is 39.3 Å². The molecule has 1 aromatic rings. The Kier molecular flexibility index (Phi) is 5.47. The molecule has 0 aromatic heterocycles. The van der Waals surface area contributed by atoms with E-state index in [0.717, 1.165) is 12.1 Å². The van der Waals surface area contributed by atoms with Crippen molar-refractivity contribution >= 4 is 23.2 Å². The molecule has 0 heterocycles. The Balaban J connectivity index is 3.12. The van der Waals surface area contributed by atoms with Gasteiger partial charge in [0.1, 0.15) is 0 Å². The highest BCUT2D eigenvalue weighted by atomic mass is 35.5. The number of halogens is 2. The van der Waals surface area contributed by atoms with Crippen molar-refractivity contribution in [2.24, 2.45) is 5.73 Å². The molecule has 0 aliphatic heterocycles. The SMILES string of the molecule is CCN(C(CN)c1ccc(Cl)c(Cl)c1)C(C)(C)C. The predicted octanol–water partition coefficient (Wildman–Crippen LogP) is 4.11. The van der Waals surface area contributed by atoms with Crippen LogP contribution in [0.15, 0.2) is 18.2 Å². The zero-order valence-corrected chi connectivity index (χ0v) is 13.0. The molecule has 0 amide bonds. The molecule has 0 fully saturated rings. The standard InChI is InChI=1S/C14H22Cl2N2/c1-5-18(14(2,3)4)13(9-17)10-6-7-11(15)12(16)8-10/h6-8,13H,5,9,17H2,1-4H3. The molecular formula is C14H22Cl2N2. The molecule has 1 unspecified atom stereocenters. The van der Waals surface area contributed by atoms with Gasteiger partial charge >= 0.3 is 0 Å². The Morgan fingerprint density at radius 2 is 1.83 bits per heavy atom. The largest absolute Gasteiger partial charge is 0.329 e. The fraction of sp³-hybridized carbons (Fsp3) is 0.571. The van der Waals surface area contributed by atoms with Crippen LogP contribution in [-0.2, 0) is 0 Å². The average molecular weight is 289 g/mol. The minimum absolute atomic E-state index is 0.0604. The van der Waals surface area contributed by atoms with Gasteiger partial charge in [-0.2, -0.15) is 0 Å². The number of nitrogens with zero attached hydrogens (tertiary/aromatic N) is 1. The highest BCUT2D eigenvalue weighted by molar-refractivity contribution is 6.42. The first kappa shape index (κ1) is 15.8. The van der Waals surface area contributed by atoms with E-state index in [1.807, 2.05) is 18.2 Å². The third-order valence-corrected chi connectivity index (χ3v) is 3.87. The lowest BCUT2D eigenvalue weighted by Crippen LogP contribution is -2.46. The quantitative estimate of drug-likeness (QED) is 0.903. The maximum atomic E-state index is 6.09. The summed E-state index contributed by atoms with van der Waals surface area (Å²) in [7, 11) is 0. The van der Waals surface area contributed by atoms with Crippen LogP contribution in [0.5, 0.6) is 0 Å². The Hall–Kier alpha value is -0.280. The van der Waals surface area contributed by atoms with Crippen LogP contribution in [0.1, 0.15) is 39.3 Å². The molecule has 2 N–H and O–H groups in total. The smallest absolute Gasteiger partial charge is 0.0595 e. The van der Waals surface area contributed by atoms with Crippen LogP contribution in [0.25, 0.3) is 0 Å². The van der Waals surface area contributed by atoms with Crippen molar-refractivity contribution in [1.82, 2.24) is 4.90 Å². The van der Waals surface area contributed by atoms with Gasteiger partial charge in [-0.15, -0.1) is 0 Å². The molecule has 0 radical (unpaired) electrons. The predicted molar refractivity (Wildman–Crippen MR) is 80.4 cm³/mol. The Bertz CT molecular complexity index is 399. The van der Waals surface area contributed by atoms with Crippen LogP contribution in [0.3, 0.4) is 0 Å². The zero-order valence-electron chi connectivity index (χ0n) is 11.5. The third-order valence-electron chi connectivity index (χ3n) is 3.13. The van der Waals surface area contributed by atoms with E-state index < -0.39 is 0 Å². The first-order valence-electron chi connectivity index (χ1n) is 6.23. The second-order valence-electron chi connectivity index (χ2n) is 5.38. The number of likely N-dealkylation sites (N-methyl/N-ethyl adjacent to an activating group) is 1. The number of benzene rings is 1. The highest BCUT2D eigenvalue weighted by Gasteiger charge is 2.27. The second kappa shape index (κ2) is 6.25. The van der Waals surface area contributed by atoms with Gasteiger partial charge < -0.3 is 5.73 Å². The Labute approximate surface area is 120 Å². The van der Waals surface area contributed by atoms with Gasteiger partial charge in [0.25, 0.3) is 0 Å². The molecule has 0 saturated carbocycles. The van der Waals surface area contributed by atoms with Crippen LogP contribution >= 0.6 is 23.2 Å². The summed E-state index contributed by atoms with van der Waals surface area (Å²) >= 11 is 12.0. The summed E-state index contributed by atoms with van der Waals surface area (Å²) in [5, 5.41) is 1.16. The highest BCUT2D eigenvalue weighted by Crippen LogP contribution is 2.31. The number of hydrogen-bond acceptors (Lipinski definition) is 2. The maximum Gasteiger partial charge on any atom is 0.0595 e. The van der Waals surface area contributed by atoms with E-state index >= 15 is 0 Å². The van der Waals surface area contributed by atoms with Crippen molar-refractivity contribution in [3.8, 4) is 0 Å². The van der Waals surface area contributed by atoms with Crippen molar-refractivity contribution in [3.63, 3.8) is 0 Å². The molecule has 0 bridgehead atoms. The molecule has 4 heteroatoms. The topological polar surface area (TPSA) is 29.3 Å².